The first-order valence-corrected chi connectivity index (χ1v) is 5.43. The van der Waals surface area contributed by atoms with Crippen molar-refractivity contribution < 1.29 is 22.4 Å². The molecule has 1 aromatic heterocycles. The van der Waals surface area contributed by atoms with Crippen molar-refractivity contribution in [2.75, 3.05) is 30.9 Å². The Morgan fingerprint density at radius 1 is 1.45 bits per heavy atom. The predicted molar refractivity (Wildman–Crippen MR) is 64.3 cm³/mol. The lowest BCUT2D eigenvalue weighted by atomic mass is 10.3. The Bertz CT molecular complexity index is 469. The zero-order valence-corrected chi connectivity index (χ0v) is 10.7. The van der Waals surface area contributed by atoms with Gasteiger partial charge < -0.3 is 10.2 Å². The van der Waals surface area contributed by atoms with E-state index < -0.39 is 24.9 Å². The zero-order valence-electron chi connectivity index (χ0n) is 10.7. The highest BCUT2D eigenvalue weighted by molar-refractivity contribution is 5.87. The second kappa shape index (κ2) is 6.35. The van der Waals surface area contributed by atoms with E-state index in [1.807, 2.05) is 0 Å². The van der Waals surface area contributed by atoms with Crippen LogP contribution < -0.4 is 15.5 Å². The Labute approximate surface area is 112 Å². The molecule has 0 aliphatic heterocycles. The van der Waals surface area contributed by atoms with Crippen LogP contribution in [-0.4, -0.2) is 49.0 Å². The normalized spacial score (nSPS) is 11.3. The van der Waals surface area contributed by atoms with E-state index in [1.165, 1.54) is 6.20 Å². The molecule has 0 bridgehead atoms. The number of nitrogens with zero attached hydrogens (tertiary/aromatic N) is 3. The molecule has 0 radical (unpaired) electrons. The lowest BCUT2D eigenvalue weighted by molar-refractivity contribution is -0.123. The summed E-state index contributed by atoms with van der Waals surface area (Å²) in [4.78, 5) is 20.5. The van der Waals surface area contributed by atoms with Gasteiger partial charge >= 0.3 is 18.4 Å². The van der Waals surface area contributed by atoms with E-state index in [4.69, 9.17) is 0 Å². The minimum atomic E-state index is -4.29. The van der Waals surface area contributed by atoms with Crippen LogP contribution in [0.25, 0.3) is 0 Å². The lowest BCUT2D eigenvalue weighted by Crippen LogP contribution is -2.43. The number of halogens is 4. The first-order valence-electron chi connectivity index (χ1n) is 5.43. The maximum absolute atomic E-state index is 12.6. The second-order valence-corrected chi connectivity index (χ2v) is 4.00. The first-order chi connectivity index (χ1) is 9.22. The van der Waals surface area contributed by atoms with Crippen LogP contribution in [-0.2, 0) is 0 Å². The van der Waals surface area contributed by atoms with Gasteiger partial charge in [0.05, 0.1) is 6.54 Å². The molecule has 0 aliphatic carbocycles. The third-order valence-corrected chi connectivity index (χ3v) is 2.13. The number of hydrogen-bond donors (Lipinski definition) is 2. The van der Waals surface area contributed by atoms with E-state index in [-0.39, 0.29) is 5.95 Å². The number of aromatic nitrogens is 2. The highest BCUT2D eigenvalue weighted by Gasteiger charge is 2.40. The summed E-state index contributed by atoms with van der Waals surface area (Å²) >= 11 is 0. The molecule has 6 nitrogen and oxygen atoms in total. The topological polar surface area (TPSA) is 70.2 Å². The molecule has 0 aromatic carbocycles. The second-order valence-electron chi connectivity index (χ2n) is 4.00. The lowest BCUT2D eigenvalue weighted by Gasteiger charge is -2.16. The highest BCUT2D eigenvalue weighted by atomic mass is 19.3. The van der Waals surface area contributed by atoms with Gasteiger partial charge in [0.1, 0.15) is 5.82 Å². The highest BCUT2D eigenvalue weighted by Crippen LogP contribution is 2.21. The van der Waals surface area contributed by atoms with Gasteiger partial charge in [-0.25, -0.2) is 18.6 Å². The minimum absolute atomic E-state index is 0.130. The number of alkyl halides is 4. The molecule has 112 valence electrons. The molecule has 1 heterocycles. The van der Waals surface area contributed by atoms with Crippen LogP contribution in [0.1, 0.15) is 0 Å². The number of nitrogens with one attached hydrogen (secondary N) is 2. The van der Waals surface area contributed by atoms with Crippen LogP contribution in [0.4, 0.5) is 34.1 Å². The summed E-state index contributed by atoms with van der Waals surface area (Å²) in [6.45, 7) is -1.48. The van der Waals surface area contributed by atoms with Crippen molar-refractivity contribution >= 4 is 17.8 Å². The molecule has 1 rings (SSSR count). The largest absolute Gasteiger partial charge is 0.363 e. The van der Waals surface area contributed by atoms with Crippen LogP contribution in [0.5, 0.6) is 0 Å². The van der Waals surface area contributed by atoms with Crippen LogP contribution in [0.2, 0.25) is 0 Å². The van der Waals surface area contributed by atoms with Gasteiger partial charge in [-0.3, -0.25) is 5.32 Å². The Balaban J connectivity index is 2.57. The van der Waals surface area contributed by atoms with Gasteiger partial charge in [-0.2, -0.15) is 13.8 Å². The quantitative estimate of drug-likeness (QED) is 0.809. The van der Waals surface area contributed by atoms with E-state index in [2.05, 4.69) is 15.3 Å². The molecule has 0 saturated carbocycles. The van der Waals surface area contributed by atoms with Gasteiger partial charge in [0.2, 0.25) is 5.95 Å². The van der Waals surface area contributed by atoms with Gasteiger partial charge in [0.25, 0.3) is 0 Å². The molecule has 10 heteroatoms. The van der Waals surface area contributed by atoms with E-state index >= 15 is 0 Å². The van der Waals surface area contributed by atoms with Crippen molar-refractivity contribution in [2.24, 2.45) is 0 Å². The van der Waals surface area contributed by atoms with Gasteiger partial charge in [-0.05, 0) is 6.07 Å². The van der Waals surface area contributed by atoms with Gasteiger partial charge in [0, 0.05) is 20.3 Å². The van der Waals surface area contributed by atoms with Crippen LogP contribution in [0, 0.1) is 0 Å². The molecular weight excluding hydrogens is 282 g/mol. The smallest absolute Gasteiger partial charge is 0.324 e. The van der Waals surface area contributed by atoms with Crippen LogP contribution in [0.3, 0.4) is 0 Å². The molecular formula is C10H13F4N5O. The van der Waals surface area contributed by atoms with E-state index in [1.54, 1.807) is 30.4 Å². The number of urea groups is 1. The van der Waals surface area contributed by atoms with E-state index in [0.29, 0.717) is 5.82 Å². The summed E-state index contributed by atoms with van der Waals surface area (Å²) in [5, 5.41) is 3.70. The Hall–Kier alpha value is -2.13. The summed E-state index contributed by atoms with van der Waals surface area (Å²) in [7, 11) is 3.41. The first kappa shape index (κ1) is 15.9. The minimum Gasteiger partial charge on any atom is -0.363 e. The van der Waals surface area contributed by atoms with Gasteiger partial charge in [0.15, 0.2) is 0 Å². The summed E-state index contributed by atoms with van der Waals surface area (Å²) in [5.74, 6) is -3.94. The average molecular weight is 295 g/mol. The fraction of sp³-hybridized carbons (Fsp3) is 0.500. The van der Waals surface area contributed by atoms with Crippen molar-refractivity contribution in [1.82, 2.24) is 15.3 Å². The molecule has 1 aromatic rings. The summed E-state index contributed by atoms with van der Waals surface area (Å²) < 4.78 is 48.9. The number of anilines is 2. The molecule has 2 N–H and O–H groups in total. The number of rotatable bonds is 5. The number of carbonyl (C=O) groups is 1. The Morgan fingerprint density at radius 2 is 2.10 bits per heavy atom. The maximum Gasteiger partial charge on any atom is 0.324 e. The van der Waals surface area contributed by atoms with Gasteiger partial charge in [-0.1, -0.05) is 0 Å². The molecule has 0 fully saturated rings. The molecule has 0 atom stereocenters. The Kier molecular flexibility index (Phi) is 5.06. The summed E-state index contributed by atoms with van der Waals surface area (Å²) in [5.41, 5.74) is 0. The molecule has 0 unspecified atom stereocenters. The molecule has 0 saturated heterocycles. The summed E-state index contributed by atoms with van der Waals surface area (Å²) in [6, 6.07) is 0.467. The van der Waals surface area contributed by atoms with E-state index in [0.717, 1.165) is 0 Å². The number of carbonyl (C=O) groups excluding carboxylic acids is 1. The van der Waals surface area contributed by atoms with Crippen molar-refractivity contribution in [2.45, 2.75) is 12.3 Å². The average Bonchev–Trinajstić information content (AvgIpc) is 2.36. The van der Waals surface area contributed by atoms with E-state index in [9.17, 15) is 22.4 Å². The van der Waals surface area contributed by atoms with Crippen LogP contribution >= 0.6 is 0 Å². The van der Waals surface area contributed by atoms with Crippen molar-refractivity contribution in [3.8, 4) is 0 Å². The van der Waals surface area contributed by atoms with Crippen LogP contribution in [0.15, 0.2) is 12.3 Å². The SMILES string of the molecule is CN(C)c1ccnc(NC(=O)NCC(F)(F)C(F)F)n1. The fourth-order valence-corrected chi connectivity index (χ4v) is 1.08. The third kappa shape index (κ3) is 4.52. The zero-order chi connectivity index (χ0) is 15.3. The summed E-state index contributed by atoms with van der Waals surface area (Å²) in [6.07, 6.45) is -2.50. The number of amides is 2. The van der Waals surface area contributed by atoms with Gasteiger partial charge in [-0.15, -0.1) is 0 Å². The molecule has 0 aliphatic rings. The molecule has 20 heavy (non-hydrogen) atoms. The molecule has 2 amide bonds. The van der Waals surface area contributed by atoms with Crippen molar-refractivity contribution in [1.29, 1.82) is 0 Å². The number of hydrogen-bond acceptors (Lipinski definition) is 4. The predicted octanol–water partition coefficient (Wildman–Crippen LogP) is 1.56. The third-order valence-electron chi connectivity index (χ3n) is 2.13. The fourth-order valence-electron chi connectivity index (χ4n) is 1.08. The molecule has 0 spiro atoms. The van der Waals surface area contributed by atoms with Crippen molar-refractivity contribution in [3.05, 3.63) is 12.3 Å². The monoisotopic (exact) mass is 295 g/mol. The maximum atomic E-state index is 12.6. The van der Waals surface area contributed by atoms with Crippen molar-refractivity contribution in [3.63, 3.8) is 0 Å². The standard InChI is InChI=1S/C10H13F4N5O/c1-19(2)6-3-4-15-8(17-6)18-9(20)16-5-10(13,14)7(11)12/h3-4,7H,5H2,1-2H3,(H2,15,16,17,18,20). The Morgan fingerprint density at radius 3 is 2.65 bits per heavy atom.